The topological polar surface area (TPSA) is 61.4 Å². The van der Waals surface area contributed by atoms with Crippen LogP contribution in [0.3, 0.4) is 0 Å². The van der Waals surface area contributed by atoms with Crippen LogP contribution in [0.5, 0.6) is 0 Å². The van der Waals surface area contributed by atoms with Crippen LogP contribution >= 0.6 is 0 Å². The van der Waals surface area contributed by atoms with Gasteiger partial charge < -0.3 is 5.11 Å². The quantitative estimate of drug-likeness (QED) is 0.658. The molecule has 0 aliphatic rings. The van der Waals surface area contributed by atoms with Crippen molar-refractivity contribution >= 4 is 5.97 Å². The van der Waals surface area contributed by atoms with Crippen molar-refractivity contribution in [1.82, 2.24) is 0 Å². The van der Waals surface area contributed by atoms with Crippen molar-refractivity contribution in [2.45, 2.75) is 6.18 Å². The van der Waals surface area contributed by atoms with E-state index in [1.165, 1.54) is 24.3 Å². The summed E-state index contributed by atoms with van der Waals surface area (Å²) < 4.78 is 38.2. The zero-order valence-corrected chi connectivity index (χ0v) is 9.93. The predicted molar refractivity (Wildman–Crippen MR) is 61.2 cm³/mol. The molecule has 4 nitrogen and oxygen atoms in total. The maximum Gasteiger partial charge on any atom is 0.416 e. The summed E-state index contributed by atoms with van der Waals surface area (Å²) in [6, 6.07) is 8.07. The number of alkyl halides is 3. The Hall–Kier alpha value is -2.57. The van der Waals surface area contributed by atoms with Gasteiger partial charge in [-0.15, -0.1) is 0 Å². The average Bonchev–Trinajstić information content (AvgIpc) is 2.38. The molecule has 0 bridgehead atoms. The van der Waals surface area contributed by atoms with Gasteiger partial charge in [0.05, 0.1) is 11.1 Å². The minimum Gasteiger partial charge on any atom is -0.473 e. The van der Waals surface area contributed by atoms with Crippen LogP contribution in [0.4, 0.5) is 13.2 Å². The average molecular weight is 284 g/mol. The highest BCUT2D eigenvalue weighted by Crippen LogP contribution is 2.31. The van der Waals surface area contributed by atoms with Gasteiger partial charge in [0.25, 0.3) is 5.69 Å². The number of carboxylic acid groups (broad SMARTS) is 1. The molecule has 0 aliphatic heterocycles. The Morgan fingerprint density at radius 3 is 2.35 bits per heavy atom. The molecule has 0 spiro atoms. The van der Waals surface area contributed by atoms with E-state index < -0.39 is 23.4 Å². The zero-order chi connectivity index (χ0) is 14.9. The molecule has 7 heteroatoms. The molecule has 1 aromatic carbocycles. The van der Waals surface area contributed by atoms with E-state index in [1.54, 1.807) is 0 Å². The van der Waals surface area contributed by atoms with Gasteiger partial charge in [0, 0.05) is 16.9 Å². The van der Waals surface area contributed by atoms with E-state index in [0.29, 0.717) is 4.73 Å². The zero-order valence-electron chi connectivity index (χ0n) is 9.93. The molecule has 0 saturated carbocycles. The standard InChI is InChI=1S/C13H8F3NO3/c14-13(15,16)9-4-1-3-8(7-9)10-5-2-6-11(12(18)19)17(10)20/h1-7H,(H-,18,19,20)/p+1. The fourth-order valence-corrected chi connectivity index (χ4v) is 1.74. The monoisotopic (exact) mass is 284 g/mol. The summed E-state index contributed by atoms with van der Waals surface area (Å²) in [5, 5.41) is 18.6. The molecule has 1 heterocycles. The molecule has 0 radical (unpaired) electrons. The molecule has 0 fully saturated rings. The second-order valence-corrected chi connectivity index (χ2v) is 3.99. The number of hydrogen-bond acceptors (Lipinski definition) is 2. The van der Waals surface area contributed by atoms with Gasteiger partial charge in [0.1, 0.15) is 0 Å². The van der Waals surface area contributed by atoms with Crippen molar-refractivity contribution in [2.24, 2.45) is 0 Å². The minimum absolute atomic E-state index is 0.0454. The third-order valence-corrected chi connectivity index (χ3v) is 2.67. The summed E-state index contributed by atoms with van der Waals surface area (Å²) in [4.78, 5) is 10.9. The van der Waals surface area contributed by atoms with E-state index in [4.69, 9.17) is 5.11 Å². The van der Waals surface area contributed by atoms with E-state index in [2.05, 4.69) is 0 Å². The lowest BCUT2D eigenvalue weighted by atomic mass is 10.1. The summed E-state index contributed by atoms with van der Waals surface area (Å²) in [6.45, 7) is 0. The van der Waals surface area contributed by atoms with Gasteiger partial charge >= 0.3 is 17.8 Å². The molecular formula is C13H9F3NO3+. The lowest BCUT2D eigenvalue weighted by Crippen LogP contribution is -2.39. The Kier molecular flexibility index (Phi) is 3.35. The normalized spacial score (nSPS) is 11.3. The number of benzene rings is 1. The van der Waals surface area contributed by atoms with Gasteiger partial charge in [0.15, 0.2) is 0 Å². The van der Waals surface area contributed by atoms with E-state index in [1.807, 2.05) is 0 Å². The van der Waals surface area contributed by atoms with E-state index >= 15 is 0 Å². The summed E-state index contributed by atoms with van der Waals surface area (Å²) in [7, 11) is 0. The maximum absolute atomic E-state index is 12.6. The van der Waals surface area contributed by atoms with Crippen molar-refractivity contribution in [3.05, 3.63) is 53.7 Å². The summed E-state index contributed by atoms with van der Waals surface area (Å²) in [6.07, 6.45) is -4.51. The predicted octanol–water partition coefficient (Wildman–Crippen LogP) is 2.60. The second-order valence-electron chi connectivity index (χ2n) is 3.99. The van der Waals surface area contributed by atoms with Crippen molar-refractivity contribution in [3.8, 4) is 11.3 Å². The minimum atomic E-state index is -4.51. The lowest BCUT2D eigenvalue weighted by molar-refractivity contribution is -0.897. The first-order chi connectivity index (χ1) is 9.30. The SMILES string of the molecule is O=C(O)c1cccc(-c2cccc(C(F)(F)F)c2)[n+]1O. The van der Waals surface area contributed by atoms with Crippen molar-refractivity contribution in [1.29, 1.82) is 0 Å². The largest absolute Gasteiger partial charge is 0.473 e. The van der Waals surface area contributed by atoms with Gasteiger partial charge in [-0.3, -0.25) is 5.21 Å². The van der Waals surface area contributed by atoms with E-state index in [0.717, 1.165) is 18.2 Å². The molecule has 0 atom stereocenters. The van der Waals surface area contributed by atoms with E-state index in [9.17, 15) is 23.2 Å². The molecule has 0 saturated heterocycles. The highest BCUT2D eigenvalue weighted by Gasteiger charge is 2.32. The van der Waals surface area contributed by atoms with Crippen molar-refractivity contribution in [3.63, 3.8) is 0 Å². The highest BCUT2D eigenvalue weighted by atomic mass is 19.4. The first-order valence-electron chi connectivity index (χ1n) is 5.46. The molecule has 0 amide bonds. The van der Waals surface area contributed by atoms with E-state index in [-0.39, 0.29) is 11.3 Å². The molecule has 104 valence electrons. The number of carbonyl (C=O) groups is 1. The number of halogens is 3. The van der Waals surface area contributed by atoms with Crippen LogP contribution in [0.25, 0.3) is 11.3 Å². The van der Waals surface area contributed by atoms with Crippen LogP contribution in [0.2, 0.25) is 0 Å². The number of carboxylic acids is 1. The third kappa shape index (κ3) is 2.56. The van der Waals surface area contributed by atoms with Crippen molar-refractivity contribution in [2.75, 3.05) is 0 Å². The number of rotatable bonds is 2. The number of aromatic nitrogens is 1. The number of pyridine rings is 1. The maximum atomic E-state index is 12.6. The van der Waals surface area contributed by atoms with Crippen molar-refractivity contribution < 1.29 is 33.0 Å². The molecule has 2 N–H and O–H groups in total. The molecule has 0 aliphatic carbocycles. The molecule has 20 heavy (non-hydrogen) atoms. The smallest absolute Gasteiger partial charge is 0.416 e. The van der Waals surface area contributed by atoms with Crippen LogP contribution < -0.4 is 4.73 Å². The summed E-state index contributed by atoms with van der Waals surface area (Å²) in [5.41, 5.74) is -1.31. The lowest BCUT2D eigenvalue weighted by Gasteiger charge is -2.07. The Morgan fingerprint density at radius 1 is 1.10 bits per heavy atom. The van der Waals surface area contributed by atoms with Gasteiger partial charge in [0.2, 0.25) is 0 Å². The van der Waals surface area contributed by atoms with Crippen LogP contribution in [0.15, 0.2) is 42.5 Å². The molecular weight excluding hydrogens is 275 g/mol. The molecule has 1 aromatic heterocycles. The summed E-state index contributed by atoms with van der Waals surface area (Å²) >= 11 is 0. The Morgan fingerprint density at radius 2 is 1.75 bits per heavy atom. The van der Waals surface area contributed by atoms with Gasteiger partial charge in [-0.25, -0.2) is 4.79 Å². The summed E-state index contributed by atoms with van der Waals surface area (Å²) in [5.74, 6) is -1.39. The number of aromatic carboxylic acids is 1. The van der Waals surface area contributed by atoms with Gasteiger partial charge in [-0.05, 0) is 24.3 Å². The Labute approximate surface area is 111 Å². The fraction of sp³-hybridized carbons (Fsp3) is 0.0769. The Bertz CT molecular complexity index is 668. The van der Waals surface area contributed by atoms with Gasteiger partial charge in [-0.1, -0.05) is 6.07 Å². The molecule has 0 unspecified atom stereocenters. The van der Waals surface area contributed by atoms with Gasteiger partial charge in [-0.2, -0.15) is 13.2 Å². The first-order valence-corrected chi connectivity index (χ1v) is 5.46. The van der Waals surface area contributed by atoms with Crippen LogP contribution in [-0.4, -0.2) is 16.3 Å². The Balaban J connectivity index is 2.58. The number of nitrogens with zero attached hydrogens (tertiary/aromatic N) is 1. The molecule has 2 aromatic rings. The number of hydrogen-bond donors (Lipinski definition) is 2. The third-order valence-electron chi connectivity index (χ3n) is 2.67. The van der Waals surface area contributed by atoms with Crippen LogP contribution in [-0.2, 0) is 6.18 Å². The molecule has 2 rings (SSSR count). The second kappa shape index (κ2) is 4.84. The first kappa shape index (κ1) is 13.9. The fourth-order valence-electron chi connectivity index (χ4n) is 1.74. The van der Waals surface area contributed by atoms with Crippen LogP contribution in [0, 0.1) is 0 Å². The van der Waals surface area contributed by atoms with Crippen LogP contribution in [0.1, 0.15) is 16.1 Å². The highest BCUT2D eigenvalue weighted by molar-refractivity contribution is 5.83.